The number of carbonyl (C=O) groups is 1. The molecule has 2 rings (SSSR count). The largest absolute Gasteiger partial charge is 0.402 e. The molecule has 4 heteroatoms. The SMILES string of the molecule is C[C@]1(O[Si](C)(C)C)C(=O)N[C@H]1c1ccccc1. The van der Waals surface area contributed by atoms with E-state index in [0.717, 1.165) is 5.56 Å². The molecule has 17 heavy (non-hydrogen) atoms. The third kappa shape index (κ3) is 2.28. The summed E-state index contributed by atoms with van der Waals surface area (Å²) in [5.41, 5.74) is 0.402. The van der Waals surface area contributed by atoms with Crippen LogP contribution in [0.2, 0.25) is 19.6 Å². The summed E-state index contributed by atoms with van der Waals surface area (Å²) in [7, 11) is -1.74. The fourth-order valence-corrected chi connectivity index (χ4v) is 3.74. The Morgan fingerprint density at radius 3 is 2.29 bits per heavy atom. The van der Waals surface area contributed by atoms with Crippen LogP contribution in [0, 0.1) is 0 Å². The summed E-state index contributed by atoms with van der Waals surface area (Å²) in [6, 6.07) is 9.96. The average molecular weight is 249 g/mol. The molecule has 1 fully saturated rings. The maximum absolute atomic E-state index is 11.8. The van der Waals surface area contributed by atoms with Gasteiger partial charge in [0, 0.05) is 0 Å². The van der Waals surface area contributed by atoms with Crippen molar-refractivity contribution in [1.82, 2.24) is 5.32 Å². The zero-order valence-corrected chi connectivity index (χ0v) is 11.8. The van der Waals surface area contributed by atoms with Crippen molar-refractivity contribution in [3.8, 4) is 0 Å². The highest BCUT2D eigenvalue weighted by Gasteiger charge is 2.54. The summed E-state index contributed by atoms with van der Waals surface area (Å²) >= 11 is 0. The summed E-state index contributed by atoms with van der Waals surface area (Å²) in [5, 5.41) is 2.93. The first-order chi connectivity index (χ1) is 7.83. The fourth-order valence-electron chi connectivity index (χ4n) is 2.25. The van der Waals surface area contributed by atoms with Gasteiger partial charge in [-0.05, 0) is 32.1 Å². The number of carbonyl (C=O) groups excluding carboxylic acids is 1. The van der Waals surface area contributed by atoms with E-state index in [-0.39, 0.29) is 11.9 Å². The number of nitrogens with one attached hydrogen (secondary N) is 1. The Kier molecular flexibility index (Phi) is 2.87. The molecule has 0 aliphatic carbocycles. The van der Waals surface area contributed by atoms with Gasteiger partial charge in [-0.3, -0.25) is 4.79 Å². The van der Waals surface area contributed by atoms with Crippen molar-refractivity contribution in [1.29, 1.82) is 0 Å². The zero-order chi connectivity index (χ0) is 12.7. The smallest absolute Gasteiger partial charge is 0.253 e. The van der Waals surface area contributed by atoms with Crippen molar-refractivity contribution in [2.24, 2.45) is 0 Å². The second-order valence-electron chi connectivity index (χ2n) is 5.64. The molecule has 1 amide bonds. The highest BCUT2D eigenvalue weighted by Crippen LogP contribution is 2.39. The molecule has 3 nitrogen and oxygen atoms in total. The molecule has 0 aromatic heterocycles. The topological polar surface area (TPSA) is 38.3 Å². The van der Waals surface area contributed by atoms with Crippen LogP contribution < -0.4 is 5.32 Å². The van der Waals surface area contributed by atoms with Crippen molar-refractivity contribution in [3.63, 3.8) is 0 Å². The predicted octanol–water partition coefficient (Wildman–Crippen LogP) is 2.47. The van der Waals surface area contributed by atoms with Crippen molar-refractivity contribution in [2.75, 3.05) is 0 Å². The van der Waals surface area contributed by atoms with Gasteiger partial charge in [0.2, 0.25) is 0 Å². The molecule has 0 saturated carbocycles. The van der Waals surface area contributed by atoms with Gasteiger partial charge in [0.25, 0.3) is 5.91 Å². The number of hydrogen-bond acceptors (Lipinski definition) is 2. The van der Waals surface area contributed by atoms with Crippen LogP contribution in [-0.4, -0.2) is 19.8 Å². The molecular formula is C13H19NO2Si. The Morgan fingerprint density at radius 2 is 1.82 bits per heavy atom. The lowest BCUT2D eigenvalue weighted by molar-refractivity contribution is -0.155. The van der Waals surface area contributed by atoms with Gasteiger partial charge < -0.3 is 9.74 Å². The average Bonchev–Trinajstić information content (AvgIpc) is 2.24. The molecule has 1 aromatic carbocycles. The van der Waals surface area contributed by atoms with Crippen molar-refractivity contribution < 1.29 is 9.22 Å². The van der Waals surface area contributed by atoms with Gasteiger partial charge in [-0.15, -0.1) is 0 Å². The van der Waals surface area contributed by atoms with Crippen molar-refractivity contribution in [3.05, 3.63) is 35.9 Å². The third-order valence-corrected chi connectivity index (χ3v) is 3.96. The van der Waals surface area contributed by atoms with E-state index in [0.29, 0.717) is 0 Å². The maximum Gasteiger partial charge on any atom is 0.253 e. The molecule has 0 spiro atoms. The van der Waals surface area contributed by atoms with Gasteiger partial charge >= 0.3 is 0 Å². The molecule has 1 heterocycles. The number of hydrogen-bond donors (Lipinski definition) is 1. The minimum absolute atomic E-state index is 0.00576. The fraction of sp³-hybridized carbons (Fsp3) is 0.462. The normalized spacial score (nSPS) is 28.5. The van der Waals surface area contributed by atoms with Crippen LogP contribution in [0.4, 0.5) is 0 Å². The Hall–Kier alpha value is -1.13. The van der Waals surface area contributed by atoms with Gasteiger partial charge in [0.1, 0.15) is 0 Å². The molecule has 1 saturated heterocycles. The van der Waals surface area contributed by atoms with Gasteiger partial charge in [0.15, 0.2) is 13.9 Å². The third-order valence-electron chi connectivity index (χ3n) is 2.93. The standard InChI is InChI=1S/C13H19NO2Si/c1-13(16-17(2,3)4)11(14-12(13)15)10-8-6-5-7-9-10/h5-9,11H,1-4H3,(H,14,15)/t11-,13+/m0/s1. The van der Waals surface area contributed by atoms with E-state index in [1.165, 1.54) is 0 Å². The van der Waals surface area contributed by atoms with E-state index >= 15 is 0 Å². The van der Waals surface area contributed by atoms with E-state index in [9.17, 15) is 4.79 Å². The summed E-state index contributed by atoms with van der Waals surface area (Å²) in [6.07, 6.45) is 0. The second-order valence-corrected chi connectivity index (χ2v) is 10.1. The van der Waals surface area contributed by atoms with Gasteiger partial charge in [-0.1, -0.05) is 30.3 Å². The lowest BCUT2D eigenvalue weighted by Crippen LogP contribution is -2.68. The molecule has 1 N–H and O–H groups in total. The second kappa shape index (κ2) is 3.96. The molecule has 0 bridgehead atoms. The van der Waals surface area contributed by atoms with E-state index in [4.69, 9.17) is 4.43 Å². The molecule has 1 aliphatic rings. The zero-order valence-electron chi connectivity index (χ0n) is 10.8. The molecule has 0 unspecified atom stereocenters. The van der Waals surface area contributed by atoms with Crippen LogP contribution >= 0.6 is 0 Å². The Labute approximate surface area is 103 Å². The summed E-state index contributed by atoms with van der Waals surface area (Å²) in [5.74, 6) is -0.00576. The molecule has 1 aliphatic heterocycles. The Bertz CT molecular complexity index is 427. The predicted molar refractivity (Wildman–Crippen MR) is 70.2 cm³/mol. The first-order valence-electron chi connectivity index (χ1n) is 5.89. The number of amides is 1. The molecular weight excluding hydrogens is 230 g/mol. The van der Waals surface area contributed by atoms with Crippen LogP contribution in [0.3, 0.4) is 0 Å². The quantitative estimate of drug-likeness (QED) is 0.660. The van der Waals surface area contributed by atoms with Gasteiger partial charge in [-0.25, -0.2) is 0 Å². The monoisotopic (exact) mass is 249 g/mol. The molecule has 1 aromatic rings. The molecule has 92 valence electrons. The van der Waals surface area contributed by atoms with Crippen LogP contribution in [-0.2, 0) is 9.22 Å². The molecule has 2 atom stereocenters. The van der Waals surface area contributed by atoms with E-state index in [1.807, 2.05) is 37.3 Å². The van der Waals surface area contributed by atoms with Crippen LogP contribution in [0.5, 0.6) is 0 Å². The first-order valence-corrected chi connectivity index (χ1v) is 9.30. The van der Waals surface area contributed by atoms with Crippen molar-refractivity contribution in [2.45, 2.75) is 38.2 Å². The van der Waals surface area contributed by atoms with E-state index < -0.39 is 13.9 Å². The summed E-state index contributed by atoms with van der Waals surface area (Å²) in [4.78, 5) is 11.8. The Balaban J connectivity index is 2.24. The summed E-state index contributed by atoms with van der Waals surface area (Å²) < 4.78 is 6.07. The molecule has 0 radical (unpaired) electrons. The van der Waals surface area contributed by atoms with Crippen LogP contribution in [0.25, 0.3) is 0 Å². The van der Waals surface area contributed by atoms with Crippen LogP contribution in [0.1, 0.15) is 18.5 Å². The number of benzene rings is 1. The van der Waals surface area contributed by atoms with Gasteiger partial charge in [0.05, 0.1) is 6.04 Å². The van der Waals surface area contributed by atoms with E-state index in [1.54, 1.807) is 0 Å². The van der Waals surface area contributed by atoms with Crippen LogP contribution in [0.15, 0.2) is 30.3 Å². The van der Waals surface area contributed by atoms with Crippen molar-refractivity contribution >= 4 is 14.2 Å². The van der Waals surface area contributed by atoms with Gasteiger partial charge in [-0.2, -0.15) is 0 Å². The van der Waals surface area contributed by atoms with E-state index in [2.05, 4.69) is 25.0 Å². The maximum atomic E-state index is 11.8. The minimum Gasteiger partial charge on any atom is -0.402 e. The number of β-lactam (4-membered cyclic amide) rings is 1. The summed E-state index contributed by atoms with van der Waals surface area (Å²) in [6.45, 7) is 8.20. The lowest BCUT2D eigenvalue weighted by Gasteiger charge is -2.49. The highest BCUT2D eigenvalue weighted by atomic mass is 28.4. The highest BCUT2D eigenvalue weighted by molar-refractivity contribution is 6.70. The first kappa shape index (κ1) is 12.3. The lowest BCUT2D eigenvalue weighted by atomic mass is 9.82. The number of rotatable bonds is 3. The minimum atomic E-state index is -1.74. The Morgan fingerprint density at radius 1 is 1.24 bits per heavy atom.